The molecule has 2 fully saturated rings. The number of ether oxygens (including phenoxy) is 1. The molecule has 0 saturated carbocycles. The van der Waals surface area contributed by atoms with Crippen LogP contribution in [0.5, 0.6) is 0 Å². The highest BCUT2D eigenvalue weighted by atomic mass is 16.5. The molecule has 2 heterocycles. The first-order valence-electron chi connectivity index (χ1n) is 8.80. The highest BCUT2D eigenvalue weighted by Crippen LogP contribution is 2.27. The maximum absolute atomic E-state index is 11.4. The van der Waals surface area contributed by atoms with Gasteiger partial charge in [-0.15, -0.1) is 0 Å². The summed E-state index contributed by atoms with van der Waals surface area (Å²) in [6.45, 7) is 10.4. The van der Waals surface area contributed by atoms with E-state index in [1.165, 1.54) is 12.8 Å². The predicted octanol–water partition coefficient (Wildman–Crippen LogP) is 2.55. The molecule has 5 nitrogen and oxygen atoms in total. The standard InChI is InChI=1S/C17H32N2O3/c1-12(2)18-10-6-5-7-16(18)22-14-8-9-15(17(20)21)19(11-14)13(3)4/h12-16H,5-11H2,1-4H3,(H,20,21)/t14?,15-,16-/m1/s1. The summed E-state index contributed by atoms with van der Waals surface area (Å²) in [5, 5.41) is 9.39. The van der Waals surface area contributed by atoms with Gasteiger partial charge in [-0.2, -0.15) is 0 Å². The zero-order valence-electron chi connectivity index (χ0n) is 14.5. The molecule has 1 N–H and O–H groups in total. The van der Waals surface area contributed by atoms with Gasteiger partial charge in [0, 0.05) is 25.2 Å². The van der Waals surface area contributed by atoms with Gasteiger partial charge in [-0.05, 0) is 59.8 Å². The van der Waals surface area contributed by atoms with Gasteiger partial charge >= 0.3 is 5.97 Å². The number of aliphatic carboxylic acids is 1. The minimum atomic E-state index is -0.700. The Balaban J connectivity index is 1.97. The SMILES string of the molecule is CC(C)N1CC(O[C@@H]2CCCCN2C(C)C)CC[C@@H]1C(=O)O. The molecule has 0 aromatic carbocycles. The highest BCUT2D eigenvalue weighted by molar-refractivity contribution is 5.73. The van der Waals surface area contributed by atoms with Crippen molar-refractivity contribution in [2.24, 2.45) is 0 Å². The van der Waals surface area contributed by atoms with Crippen molar-refractivity contribution in [1.29, 1.82) is 0 Å². The lowest BCUT2D eigenvalue weighted by molar-refractivity contribution is -0.161. The molecule has 3 atom stereocenters. The fourth-order valence-corrected chi connectivity index (χ4v) is 3.79. The second kappa shape index (κ2) is 7.75. The first-order chi connectivity index (χ1) is 10.4. The largest absolute Gasteiger partial charge is 0.480 e. The number of nitrogens with zero attached hydrogens (tertiary/aromatic N) is 2. The van der Waals surface area contributed by atoms with Crippen molar-refractivity contribution in [3.63, 3.8) is 0 Å². The Labute approximate surface area is 134 Å². The number of carbonyl (C=O) groups is 1. The fraction of sp³-hybridized carbons (Fsp3) is 0.941. The molecule has 2 aliphatic rings. The minimum absolute atomic E-state index is 0.155. The van der Waals surface area contributed by atoms with Gasteiger partial charge in [-0.1, -0.05) is 0 Å². The molecule has 0 aliphatic carbocycles. The van der Waals surface area contributed by atoms with Gasteiger partial charge in [0.2, 0.25) is 0 Å². The van der Waals surface area contributed by atoms with Gasteiger partial charge in [0.25, 0.3) is 0 Å². The Kier molecular flexibility index (Phi) is 6.24. The van der Waals surface area contributed by atoms with Crippen LogP contribution in [0.25, 0.3) is 0 Å². The summed E-state index contributed by atoms with van der Waals surface area (Å²) in [4.78, 5) is 15.9. The fourth-order valence-electron chi connectivity index (χ4n) is 3.79. The van der Waals surface area contributed by atoms with Crippen LogP contribution in [0.2, 0.25) is 0 Å². The molecule has 2 saturated heterocycles. The number of likely N-dealkylation sites (tertiary alicyclic amines) is 2. The number of hydrogen-bond donors (Lipinski definition) is 1. The van der Waals surface area contributed by atoms with E-state index < -0.39 is 5.97 Å². The average Bonchev–Trinajstić information content (AvgIpc) is 2.47. The quantitative estimate of drug-likeness (QED) is 0.845. The summed E-state index contributed by atoms with van der Waals surface area (Å²) < 4.78 is 6.41. The molecular formula is C17H32N2O3. The average molecular weight is 312 g/mol. The molecule has 128 valence electrons. The third-order valence-corrected chi connectivity index (χ3v) is 5.03. The van der Waals surface area contributed by atoms with Crippen LogP contribution in [0.1, 0.15) is 59.8 Å². The van der Waals surface area contributed by atoms with Crippen LogP contribution in [-0.4, -0.2) is 64.4 Å². The molecule has 0 aromatic heterocycles. The second-order valence-corrected chi connectivity index (χ2v) is 7.26. The molecule has 2 rings (SSSR count). The first kappa shape index (κ1) is 17.7. The lowest BCUT2D eigenvalue weighted by Gasteiger charge is -2.44. The Morgan fingerprint density at radius 2 is 1.73 bits per heavy atom. The molecule has 0 spiro atoms. The third kappa shape index (κ3) is 4.21. The lowest BCUT2D eigenvalue weighted by atomic mass is 9.98. The van der Waals surface area contributed by atoms with E-state index >= 15 is 0 Å². The van der Waals surface area contributed by atoms with Crippen LogP contribution < -0.4 is 0 Å². The summed E-state index contributed by atoms with van der Waals surface area (Å²) >= 11 is 0. The molecule has 1 unspecified atom stereocenters. The van der Waals surface area contributed by atoms with Crippen LogP contribution in [0.4, 0.5) is 0 Å². The van der Waals surface area contributed by atoms with Crippen LogP contribution in [0, 0.1) is 0 Å². The lowest BCUT2D eigenvalue weighted by Crippen LogP contribution is -2.55. The Hall–Kier alpha value is -0.650. The topological polar surface area (TPSA) is 53.0 Å². The second-order valence-electron chi connectivity index (χ2n) is 7.26. The van der Waals surface area contributed by atoms with E-state index in [0.29, 0.717) is 12.5 Å². The van der Waals surface area contributed by atoms with Crippen LogP contribution in [-0.2, 0) is 9.53 Å². The van der Waals surface area contributed by atoms with Gasteiger partial charge in [-0.25, -0.2) is 0 Å². The van der Waals surface area contributed by atoms with Crippen molar-refractivity contribution in [3.05, 3.63) is 0 Å². The smallest absolute Gasteiger partial charge is 0.320 e. The molecule has 22 heavy (non-hydrogen) atoms. The Bertz CT molecular complexity index is 373. The van der Waals surface area contributed by atoms with Crippen LogP contribution in [0.3, 0.4) is 0 Å². The minimum Gasteiger partial charge on any atom is -0.480 e. The van der Waals surface area contributed by atoms with Gasteiger partial charge in [0.05, 0.1) is 6.10 Å². The monoisotopic (exact) mass is 312 g/mol. The number of rotatable bonds is 5. The zero-order chi connectivity index (χ0) is 16.3. The van der Waals surface area contributed by atoms with E-state index in [4.69, 9.17) is 4.74 Å². The molecule has 0 aromatic rings. The van der Waals surface area contributed by atoms with Gasteiger partial charge in [0.1, 0.15) is 12.3 Å². The van der Waals surface area contributed by atoms with Crippen molar-refractivity contribution in [1.82, 2.24) is 9.80 Å². The normalized spacial score (nSPS) is 31.8. The maximum Gasteiger partial charge on any atom is 0.320 e. The van der Waals surface area contributed by atoms with E-state index in [1.807, 2.05) is 0 Å². The van der Waals surface area contributed by atoms with Crippen molar-refractivity contribution >= 4 is 5.97 Å². The number of carboxylic acid groups (broad SMARTS) is 1. The molecule has 0 radical (unpaired) electrons. The molecule has 0 bridgehead atoms. The molecule has 2 aliphatic heterocycles. The van der Waals surface area contributed by atoms with Crippen molar-refractivity contribution in [2.45, 2.75) is 90.3 Å². The van der Waals surface area contributed by atoms with E-state index in [2.05, 4.69) is 37.5 Å². The molecule has 5 heteroatoms. The van der Waals surface area contributed by atoms with Crippen LogP contribution in [0.15, 0.2) is 0 Å². The summed E-state index contributed by atoms with van der Waals surface area (Å²) in [6.07, 6.45) is 5.47. The van der Waals surface area contributed by atoms with E-state index in [0.717, 1.165) is 25.9 Å². The third-order valence-electron chi connectivity index (χ3n) is 5.03. The van der Waals surface area contributed by atoms with Gasteiger partial charge < -0.3 is 9.84 Å². The Morgan fingerprint density at radius 1 is 1.05 bits per heavy atom. The van der Waals surface area contributed by atoms with E-state index in [-0.39, 0.29) is 24.4 Å². The van der Waals surface area contributed by atoms with E-state index in [9.17, 15) is 9.90 Å². The summed E-state index contributed by atoms with van der Waals surface area (Å²) in [5.41, 5.74) is 0. The highest BCUT2D eigenvalue weighted by Gasteiger charge is 2.36. The van der Waals surface area contributed by atoms with E-state index in [1.54, 1.807) is 0 Å². The first-order valence-corrected chi connectivity index (χ1v) is 8.80. The van der Waals surface area contributed by atoms with Gasteiger partial charge in [-0.3, -0.25) is 14.6 Å². The number of carboxylic acids is 1. The Morgan fingerprint density at radius 3 is 2.32 bits per heavy atom. The van der Waals surface area contributed by atoms with Crippen LogP contribution >= 0.6 is 0 Å². The summed E-state index contributed by atoms with van der Waals surface area (Å²) in [7, 11) is 0. The van der Waals surface area contributed by atoms with Crippen molar-refractivity contribution in [2.75, 3.05) is 13.1 Å². The number of piperidine rings is 2. The predicted molar refractivity (Wildman–Crippen MR) is 86.9 cm³/mol. The van der Waals surface area contributed by atoms with Crippen molar-refractivity contribution in [3.8, 4) is 0 Å². The molecule has 0 amide bonds. The summed E-state index contributed by atoms with van der Waals surface area (Å²) in [6, 6.07) is 0.384. The maximum atomic E-state index is 11.4. The van der Waals surface area contributed by atoms with Gasteiger partial charge in [0.15, 0.2) is 0 Å². The number of hydrogen-bond acceptors (Lipinski definition) is 4. The molecular weight excluding hydrogens is 280 g/mol. The zero-order valence-corrected chi connectivity index (χ0v) is 14.5. The summed E-state index contributed by atoms with van der Waals surface area (Å²) in [5.74, 6) is -0.700. The van der Waals surface area contributed by atoms with Crippen molar-refractivity contribution < 1.29 is 14.6 Å².